The summed E-state index contributed by atoms with van der Waals surface area (Å²) in [5.41, 5.74) is 0.961. The van der Waals surface area contributed by atoms with Gasteiger partial charge in [-0.15, -0.1) is 6.58 Å². The Kier molecular flexibility index (Phi) is 4.06. The molecule has 1 aromatic rings. The monoisotopic (exact) mass is 263 g/mol. The summed E-state index contributed by atoms with van der Waals surface area (Å²) >= 11 is 0. The average molecular weight is 263 g/mol. The van der Waals surface area contributed by atoms with E-state index in [1.807, 2.05) is 24.3 Å². The van der Waals surface area contributed by atoms with Crippen molar-refractivity contribution < 1.29 is 19.4 Å². The Bertz CT molecular complexity index is 457. The van der Waals surface area contributed by atoms with Crippen LogP contribution < -0.4 is 4.74 Å². The van der Waals surface area contributed by atoms with Crippen LogP contribution in [0.1, 0.15) is 5.56 Å². The number of rotatable bonds is 5. The Morgan fingerprint density at radius 3 is 2.68 bits per heavy atom. The van der Waals surface area contributed by atoms with Gasteiger partial charge in [0.2, 0.25) is 0 Å². The molecule has 2 atom stereocenters. The van der Waals surface area contributed by atoms with E-state index < -0.39 is 12.2 Å². The number of aliphatic hydroxyl groups excluding tert-OH is 1. The summed E-state index contributed by atoms with van der Waals surface area (Å²) in [7, 11) is 1.60. The Labute approximate surface area is 112 Å². The molecule has 1 heterocycles. The molecule has 5 nitrogen and oxygen atoms in total. The van der Waals surface area contributed by atoms with E-state index in [0.717, 1.165) is 11.3 Å². The van der Waals surface area contributed by atoms with Crippen molar-refractivity contribution in [3.8, 4) is 5.75 Å². The molecule has 1 N–H and O–H groups in total. The topological polar surface area (TPSA) is 59.0 Å². The third-order valence-corrected chi connectivity index (χ3v) is 3.16. The first-order valence-corrected chi connectivity index (χ1v) is 6.03. The van der Waals surface area contributed by atoms with Crippen molar-refractivity contribution in [2.75, 3.05) is 13.7 Å². The summed E-state index contributed by atoms with van der Waals surface area (Å²) in [4.78, 5) is 13.3. The van der Waals surface area contributed by atoms with Crippen LogP contribution in [-0.4, -0.2) is 42.0 Å². The van der Waals surface area contributed by atoms with Crippen molar-refractivity contribution in [2.24, 2.45) is 0 Å². The average Bonchev–Trinajstić information content (AvgIpc) is 2.75. The molecule has 0 saturated carbocycles. The molecule has 1 fully saturated rings. The summed E-state index contributed by atoms with van der Waals surface area (Å²) < 4.78 is 10.2. The summed E-state index contributed by atoms with van der Waals surface area (Å²) in [6.07, 6.45) is 0.651. The van der Waals surface area contributed by atoms with E-state index in [2.05, 4.69) is 6.58 Å². The molecule has 0 spiro atoms. The zero-order valence-corrected chi connectivity index (χ0v) is 10.8. The first-order valence-electron chi connectivity index (χ1n) is 6.03. The normalized spacial score (nSPS) is 22.2. The zero-order chi connectivity index (χ0) is 13.8. The van der Waals surface area contributed by atoms with E-state index in [1.54, 1.807) is 18.1 Å². The van der Waals surface area contributed by atoms with Crippen LogP contribution in [0.25, 0.3) is 0 Å². The number of methoxy groups -OCH3 is 1. The molecule has 2 rings (SSSR count). The lowest BCUT2D eigenvalue weighted by atomic mass is 10.1. The van der Waals surface area contributed by atoms with Crippen LogP contribution in [0, 0.1) is 0 Å². The lowest BCUT2D eigenvalue weighted by molar-refractivity contribution is 0.0886. The minimum absolute atomic E-state index is 0.207. The quantitative estimate of drug-likeness (QED) is 0.819. The minimum atomic E-state index is -0.539. The van der Waals surface area contributed by atoms with Crippen LogP contribution in [0.15, 0.2) is 36.9 Å². The van der Waals surface area contributed by atoms with Gasteiger partial charge in [-0.2, -0.15) is 0 Å². The molecule has 102 valence electrons. The molecule has 1 saturated heterocycles. The maximum atomic E-state index is 11.8. The Morgan fingerprint density at radius 1 is 1.47 bits per heavy atom. The summed E-state index contributed by atoms with van der Waals surface area (Å²) in [6, 6.07) is 7.14. The summed E-state index contributed by atoms with van der Waals surface area (Å²) in [5, 5.41) is 9.17. The van der Waals surface area contributed by atoms with Crippen molar-refractivity contribution in [3.05, 3.63) is 42.5 Å². The van der Waals surface area contributed by atoms with E-state index in [-0.39, 0.29) is 12.6 Å². The van der Waals surface area contributed by atoms with Gasteiger partial charge in [-0.25, -0.2) is 4.79 Å². The number of hydrogen-bond acceptors (Lipinski definition) is 4. The van der Waals surface area contributed by atoms with Crippen LogP contribution in [0.4, 0.5) is 4.79 Å². The van der Waals surface area contributed by atoms with Gasteiger partial charge in [0.05, 0.1) is 19.8 Å². The van der Waals surface area contributed by atoms with Gasteiger partial charge in [0.1, 0.15) is 5.75 Å². The molecule has 1 aliphatic rings. The van der Waals surface area contributed by atoms with Gasteiger partial charge in [0.15, 0.2) is 6.10 Å². The van der Waals surface area contributed by atoms with Crippen molar-refractivity contribution in [1.82, 2.24) is 4.90 Å². The fraction of sp³-hybridized carbons (Fsp3) is 0.357. The largest absolute Gasteiger partial charge is 0.497 e. The Hall–Kier alpha value is -2.01. The van der Waals surface area contributed by atoms with Crippen LogP contribution in [0.5, 0.6) is 5.75 Å². The van der Waals surface area contributed by atoms with Gasteiger partial charge in [-0.3, -0.25) is 4.90 Å². The highest BCUT2D eigenvalue weighted by Crippen LogP contribution is 2.23. The third kappa shape index (κ3) is 2.71. The van der Waals surface area contributed by atoms with Crippen molar-refractivity contribution in [1.29, 1.82) is 0 Å². The van der Waals surface area contributed by atoms with Gasteiger partial charge in [-0.05, 0) is 17.7 Å². The second-order valence-corrected chi connectivity index (χ2v) is 4.31. The number of carbonyl (C=O) groups is 1. The number of amides is 1. The van der Waals surface area contributed by atoms with Gasteiger partial charge >= 0.3 is 6.09 Å². The number of carbonyl (C=O) groups excluding carboxylic acids is 1. The lowest BCUT2D eigenvalue weighted by Gasteiger charge is -2.20. The Morgan fingerprint density at radius 2 is 2.16 bits per heavy atom. The fourth-order valence-corrected chi connectivity index (χ4v) is 2.11. The second-order valence-electron chi connectivity index (χ2n) is 4.31. The second kappa shape index (κ2) is 5.75. The van der Waals surface area contributed by atoms with E-state index >= 15 is 0 Å². The van der Waals surface area contributed by atoms with Crippen molar-refractivity contribution in [2.45, 2.75) is 18.7 Å². The smallest absolute Gasteiger partial charge is 0.411 e. The zero-order valence-electron chi connectivity index (χ0n) is 10.8. The van der Waals surface area contributed by atoms with Crippen molar-refractivity contribution >= 4 is 6.09 Å². The van der Waals surface area contributed by atoms with E-state index in [4.69, 9.17) is 14.6 Å². The van der Waals surface area contributed by atoms with Gasteiger partial charge in [-0.1, -0.05) is 18.2 Å². The molecular formula is C14H17NO4. The van der Waals surface area contributed by atoms with E-state index in [1.165, 1.54) is 0 Å². The maximum absolute atomic E-state index is 11.8. The van der Waals surface area contributed by atoms with E-state index in [0.29, 0.717) is 6.54 Å². The molecular weight excluding hydrogens is 246 g/mol. The number of ether oxygens (including phenoxy) is 2. The molecule has 0 aliphatic carbocycles. The number of benzene rings is 1. The molecule has 5 heteroatoms. The first kappa shape index (κ1) is 13.4. The molecule has 1 aromatic carbocycles. The Balaban J connectivity index is 2.12. The summed E-state index contributed by atoms with van der Waals surface area (Å²) in [6.45, 7) is 3.90. The lowest BCUT2D eigenvalue weighted by Crippen LogP contribution is -2.35. The molecule has 19 heavy (non-hydrogen) atoms. The minimum Gasteiger partial charge on any atom is -0.497 e. The van der Waals surface area contributed by atoms with Crippen LogP contribution in [0.3, 0.4) is 0 Å². The number of hydrogen-bond donors (Lipinski definition) is 1. The van der Waals surface area contributed by atoms with Gasteiger partial charge < -0.3 is 14.6 Å². The van der Waals surface area contributed by atoms with Gasteiger partial charge in [0.25, 0.3) is 0 Å². The van der Waals surface area contributed by atoms with Crippen LogP contribution in [-0.2, 0) is 11.3 Å². The van der Waals surface area contributed by atoms with Crippen LogP contribution >= 0.6 is 0 Å². The highest BCUT2D eigenvalue weighted by atomic mass is 16.6. The molecule has 1 aliphatic heterocycles. The standard InChI is InChI=1S/C14H17NO4/c1-3-12-13(9-16)19-14(17)15(12)8-10-4-6-11(18-2)7-5-10/h3-7,12-13,16H,1,8-9H2,2H3/t12-,13+/m0/s1. The van der Waals surface area contributed by atoms with Gasteiger partial charge in [0, 0.05) is 6.54 Å². The summed E-state index contributed by atoms with van der Waals surface area (Å²) in [5.74, 6) is 0.765. The number of cyclic esters (lactones) is 1. The fourth-order valence-electron chi connectivity index (χ4n) is 2.11. The molecule has 0 aromatic heterocycles. The molecule has 0 bridgehead atoms. The maximum Gasteiger partial charge on any atom is 0.411 e. The highest BCUT2D eigenvalue weighted by Gasteiger charge is 2.39. The predicted molar refractivity (Wildman–Crippen MR) is 69.9 cm³/mol. The highest BCUT2D eigenvalue weighted by molar-refractivity contribution is 5.71. The predicted octanol–water partition coefficient (Wildman–Crippen LogP) is 1.56. The van der Waals surface area contributed by atoms with Crippen LogP contribution in [0.2, 0.25) is 0 Å². The SMILES string of the molecule is C=C[C@H]1[C@@H](CO)OC(=O)N1Cc1ccc(OC)cc1. The third-order valence-electron chi connectivity index (χ3n) is 3.16. The van der Waals surface area contributed by atoms with E-state index in [9.17, 15) is 4.79 Å². The number of aliphatic hydroxyl groups is 1. The molecule has 1 amide bonds. The van der Waals surface area contributed by atoms with Crippen molar-refractivity contribution in [3.63, 3.8) is 0 Å². The molecule has 0 unspecified atom stereocenters. The first-order chi connectivity index (χ1) is 9.19. The molecule has 0 radical (unpaired) electrons. The number of nitrogens with zero attached hydrogens (tertiary/aromatic N) is 1.